The number of hydrogen-bond donors (Lipinski definition) is 1. The number of halogens is 1. The van der Waals surface area contributed by atoms with Gasteiger partial charge in [-0.05, 0) is 42.3 Å². The number of aryl methyl sites for hydroxylation is 1. The molecule has 2 aromatic carbocycles. The van der Waals surface area contributed by atoms with Crippen molar-refractivity contribution < 1.29 is 4.74 Å². The van der Waals surface area contributed by atoms with Gasteiger partial charge in [-0.2, -0.15) is 5.26 Å². The highest BCUT2D eigenvalue weighted by molar-refractivity contribution is 9.10. The van der Waals surface area contributed by atoms with Crippen molar-refractivity contribution in [1.82, 2.24) is 0 Å². The summed E-state index contributed by atoms with van der Waals surface area (Å²) in [6.07, 6.45) is 0. The lowest BCUT2D eigenvalue weighted by Gasteiger charge is -2.11. The zero-order valence-electron chi connectivity index (χ0n) is 11.4. The van der Waals surface area contributed by atoms with Crippen molar-refractivity contribution in [1.29, 1.82) is 5.26 Å². The molecule has 4 heteroatoms. The number of anilines is 1. The van der Waals surface area contributed by atoms with Gasteiger partial charge in [-0.3, -0.25) is 0 Å². The van der Waals surface area contributed by atoms with Gasteiger partial charge in [0.2, 0.25) is 0 Å². The average Bonchev–Trinajstić information content (AvgIpc) is 2.47. The van der Waals surface area contributed by atoms with Crippen molar-refractivity contribution in [3.63, 3.8) is 0 Å². The first kappa shape index (κ1) is 14.4. The van der Waals surface area contributed by atoms with Crippen LogP contribution in [0.3, 0.4) is 0 Å². The van der Waals surface area contributed by atoms with E-state index in [1.54, 1.807) is 13.2 Å². The van der Waals surface area contributed by atoms with Gasteiger partial charge in [0, 0.05) is 16.7 Å². The summed E-state index contributed by atoms with van der Waals surface area (Å²) >= 11 is 3.47. The summed E-state index contributed by atoms with van der Waals surface area (Å²) in [7, 11) is 1.58. The molecule has 0 saturated carbocycles. The van der Waals surface area contributed by atoms with Crippen molar-refractivity contribution in [2.45, 2.75) is 13.5 Å². The topological polar surface area (TPSA) is 45.0 Å². The fraction of sp³-hybridized carbons (Fsp3) is 0.188. The van der Waals surface area contributed by atoms with E-state index in [9.17, 15) is 0 Å². The van der Waals surface area contributed by atoms with Crippen LogP contribution in [0.2, 0.25) is 0 Å². The molecule has 1 N–H and O–H groups in total. The van der Waals surface area contributed by atoms with E-state index in [2.05, 4.69) is 46.4 Å². The lowest BCUT2D eigenvalue weighted by molar-refractivity contribution is 0.413. The first-order valence-electron chi connectivity index (χ1n) is 6.21. The molecule has 0 saturated heterocycles. The SMILES string of the molecule is COc1cc(CNc2cc(Br)ccc2C)ccc1C#N. The Morgan fingerprint density at radius 1 is 1.25 bits per heavy atom. The van der Waals surface area contributed by atoms with Crippen LogP contribution in [-0.2, 0) is 6.54 Å². The lowest BCUT2D eigenvalue weighted by atomic mass is 10.1. The minimum Gasteiger partial charge on any atom is -0.495 e. The highest BCUT2D eigenvalue weighted by Crippen LogP contribution is 2.23. The molecular weight excluding hydrogens is 316 g/mol. The van der Waals surface area contributed by atoms with Crippen LogP contribution in [0.25, 0.3) is 0 Å². The van der Waals surface area contributed by atoms with Crippen LogP contribution >= 0.6 is 15.9 Å². The van der Waals surface area contributed by atoms with Crippen LogP contribution < -0.4 is 10.1 Å². The Balaban J connectivity index is 2.15. The van der Waals surface area contributed by atoms with Gasteiger partial charge in [-0.15, -0.1) is 0 Å². The van der Waals surface area contributed by atoms with E-state index in [4.69, 9.17) is 10.00 Å². The van der Waals surface area contributed by atoms with Crippen LogP contribution in [0, 0.1) is 18.3 Å². The maximum absolute atomic E-state index is 8.96. The molecule has 2 aromatic rings. The van der Waals surface area contributed by atoms with Crippen LogP contribution in [0.15, 0.2) is 40.9 Å². The molecule has 0 unspecified atom stereocenters. The summed E-state index contributed by atoms with van der Waals surface area (Å²) < 4.78 is 6.26. The van der Waals surface area contributed by atoms with E-state index < -0.39 is 0 Å². The molecule has 0 aliphatic heterocycles. The normalized spacial score (nSPS) is 9.90. The molecule has 0 atom stereocenters. The fourth-order valence-electron chi connectivity index (χ4n) is 1.92. The number of nitriles is 1. The highest BCUT2D eigenvalue weighted by Gasteiger charge is 2.04. The second kappa shape index (κ2) is 6.44. The molecule has 0 amide bonds. The smallest absolute Gasteiger partial charge is 0.136 e. The van der Waals surface area contributed by atoms with Crippen molar-refractivity contribution in [2.24, 2.45) is 0 Å². The minimum absolute atomic E-state index is 0.551. The minimum atomic E-state index is 0.551. The van der Waals surface area contributed by atoms with Crippen molar-refractivity contribution >= 4 is 21.6 Å². The van der Waals surface area contributed by atoms with Gasteiger partial charge in [-0.25, -0.2) is 0 Å². The number of nitrogens with one attached hydrogen (secondary N) is 1. The Hall–Kier alpha value is -1.99. The second-order valence-electron chi connectivity index (χ2n) is 4.46. The van der Waals surface area contributed by atoms with Gasteiger partial charge in [0.05, 0.1) is 12.7 Å². The van der Waals surface area contributed by atoms with E-state index in [1.807, 2.05) is 18.2 Å². The Labute approximate surface area is 127 Å². The summed E-state index contributed by atoms with van der Waals surface area (Å²) in [6.45, 7) is 2.74. The number of hydrogen-bond acceptors (Lipinski definition) is 3. The number of rotatable bonds is 4. The Kier molecular flexibility index (Phi) is 4.65. The van der Waals surface area contributed by atoms with Crippen LogP contribution in [-0.4, -0.2) is 7.11 Å². The molecule has 102 valence electrons. The molecule has 3 nitrogen and oxygen atoms in total. The molecule has 0 radical (unpaired) electrons. The molecule has 0 aliphatic rings. The van der Waals surface area contributed by atoms with Gasteiger partial charge < -0.3 is 10.1 Å². The van der Waals surface area contributed by atoms with Crippen molar-refractivity contribution in [2.75, 3.05) is 12.4 Å². The molecule has 0 spiro atoms. The maximum Gasteiger partial charge on any atom is 0.136 e. The molecule has 0 fully saturated rings. The third-order valence-electron chi connectivity index (χ3n) is 3.07. The molecule has 0 aromatic heterocycles. The van der Waals surface area contributed by atoms with Gasteiger partial charge in [0.15, 0.2) is 0 Å². The average molecular weight is 331 g/mol. The predicted molar refractivity (Wildman–Crippen MR) is 83.9 cm³/mol. The third-order valence-corrected chi connectivity index (χ3v) is 3.56. The maximum atomic E-state index is 8.96. The summed E-state index contributed by atoms with van der Waals surface area (Å²) in [5, 5.41) is 12.4. The Bertz CT molecular complexity index is 662. The standard InChI is InChI=1S/C16H15BrN2O/c1-11-3-6-14(17)8-15(11)19-10-12-4-5-13(9-18)16(7-12)20-2/h3-8,19H,10H2,1-2H3. The largest absolute Gasteiger partial charge is 0.495 e. The molecular formula is C16H15BrN2O. The van der Waals surface area contributed by atoms with Gasteiger partial charge >= 0.3 is 0 Å². The zero-order chi connectivity index (χ0) is 14.5. The monoisotopic (exact) mass is 330 g/mol. The van der Waals surface area contributed by atoms with E-state index >= 15 is 0 Å². The number of ether oxygens (including phenoxy) is 1. The van der Waals surface area contributed by atoms with Crippen LogP contribution in [0.4, 0.5) is 5.69 Å². The number of methoxy groups -OCH3 is 1. The van der Waals surface area contributed by atoms with E-state index in [0.717, 1.165) is 15.7 Å². The van der Waals surface area contributed by atoms with Gasteiger partial charge in [0.25, 0.3) is 0 Å². The summed E-state index contributed by atoms with van der Waals surface area (Å²) in [4.78, 5) is 0. The van der Waals surface area contributed by atoms with E-state index in [0.29, 0.717) is 17.9 Å². The van der Waals surface area contributed by atoms with Gasteiger partial charge in [-0.1, -0.05) is 28.1 Å². The molecule has 0 aliphatic carbocycles. The van der Waals surface area contributed by atoms with Gasteiger partial charge in [0.1, 0.15) is 11.8 Å². The first-order valence-corrected chi connectivity index (χ1v) is 7.00. The van der Waals surface area contributed by atoms with Crippen molar-refractivity contribution in [3.05, 3.63) is 57.6 Å². The zero-order valence-corrected chi connectivity index (χ0v) is 13.0. The Morgan fingerprint density at radius 3 is 2.75 bits per heavy atom. The fourth-order valence-corrected chi connectivity index (χ4v) is 2.28. The quantitative estimate of drug-likeness (QED) is 0.911. The number of nitrogens with zero attached hydrogens (tertiary/aromatic N) is 1. The van der Waals surface area contributed by atoms with Crippen molar-refractivity contribution in [3.8, 4) is 11.8 Å². The van der Waals surface area contributed by atoms with Crippen LogP contribution in [0.5, 0.6) is 5.75 Å². The molecule has 0 bridgehead atoms. The second-order valence-corrected chi connectivity index (χ2v) is 5.37. The summed E-state index contributed by atoms with van der Waals surface area (Å²) in [5.74, 6) is 0.609. The summed E-state index contributed by atoms with van der Waals surface area (Å²) in [5.41, 5.74) is 3.90. The number of benzene rings is 2. The van der Waals surface area contributed by atoms with E-state index in [-0.39, 0.29) is 0 Å². The molecule has 2 rings (SSSR count). The summed E-state index contributed by atoms with van der Waals surface area (Å²) in [6, 6.07) is 13.8. The highest BCUT2D eigenvalue weighted by atomic mass is 79.9. The molecule has 20 heavy (non-hydrogen) atoms. The van der Waals surface area contributed by atoms with Crippen LogP contribution in [0.1, 0.15) is 16.7 Å². The lowest BCUT2D eigenvalue weighted by Crippen LogP contribution is -2.02. The van der Waals surface area contributed by atoms with E-state index in [1.165, 1.54) is 5.56 Å². The predicted octanol–water partition coefficient (Wildman–Crippen LogP) is 4.25. The third kappa shape index (κ3) is 3.31. The molecule has 0 heterocycles. The first-order chi connectivity index (χ1) is 9.63. The Morgan fingerprint density at radius 2 is 2.05 bits per heavy atom.